The minimum atomic E-state index is -0.159. The lowest BCUT2D eigenvalue weighted by molar-refractivity contribution is -0.120. The Hall–Kier alpha value is -1.35. The highest BCUT2D eigenvalue weighted by Gasteiger charge is 2.49. The fourth-order valence-electron chi connectivity index (χ4n) is 2.06. The van der Waals surface area contributed by atoms with Crippen LogP contribution in [0.1, 0.15) is 24.0 Å². The minimum Gasteiger partial charge on any atom is -0.326 e. The van der Waals surface area contributed by atoms with E-state index >= 15 is 0 Å². The van der Waals surface area contributed by atoms with Crippen molar-refractivity contribution in [2.45, 2.75) is 26.7 Å². The first-order valence-corrected chi connectivity index (χ1v) is 6.11. The molecule has 1 aromatic rings. The number of hydrogen-bond donors (Lipinski definition) is 2. The highest BCUT2D eigenvalue weighted by Crippen LogP contribution is 2.45. The van der Waals surface area contributed by atoms with Crippen LogP contribution in [0.5, 0.6) is 0 Å². The van der Waals surface area contributed by atoms with E-state index in [1.807, 2.05) is 25.2 Å². The molecule has 1 saturated carbocycles. The molecule has 3 heteroatoms. The lowest BCUT2D eigenvalue weighted by Crippen LogP contribution is -2.32. The van der Waals surface area contributed by atoms with E-state index in [2.05, 4.69) is 24.5 Å². The lowest BCUT2D eigenvalue weighted by Gasteiger charge is -2.15. The molecule has 0 saturated heterocycles. The smallest absolute Gasteiger partial charge is 0.231 e. The molecule has 0 bridgehead atoms. The van der Waals surface area contributed by atoms with Crippen molar-refractivity contribution in [3.8, 4) is 0 Å². The highest BCUT2D eigenvalue weighted by atomic mass is 16.2. The Bertz CT molecular complexity index is 436. The summed E-state index contributed by atoms with van der Waals surface area (Å²) in [5.41, 5.74) is 3.20. The molecule has 0 aromatic heterocycles. The standard InChI is InChI=1S/C14H20N2O/c1-10-4-5-12(8-11(10)2)16-13(17)14(6-7-14)9-15-3/h4-5,8,15H,6-7,9H2,1-3H3,(H,16,17). The van der Waals surface area contributed by atoms with Gasteiger partial charge in [-0.2, -0.15) is 0 Å². The van der Waals surface area contributed by atoms with Crippen LogP contribution in [0.4, 0.5) is 5.69 Å². The largest absolute Gasteiger partial charge is 0.326 e. The van der Waals surface area contributed by atoms with Crippen LogP contribution in [0, 0.1) is 19.3 Å². The second-order valence-electron chi connectivity index (χ2n) is 5.06. The van der Waals surface area contributed by atoms with Gasteiger partial charge in [-0.3, -0.25) is 4.79 Å². The van der Waals surface area contributed by atoms with E-state index in [0.717, 1.165) is 25.1 Å². The number of amides is 1. The van der Waals surface area contributed by atoms with E-state index in [1.54, 1.807) is 0 Å². The number of anilines is 1. The first-order chi connectivity index (χ1) is 8.07. The Morgan fingerprint density at radius 3 is 2.53 bits per heavy atom. The van der Waals surface area contributed by atoms with Crippen molar-refractivity contribution in [3.05, 3.63) is 29.3 Å². The van der Waals surface area contributed by atoms with Gasteiger partial charge in [0.1, 0.15) is 0 Å². The molecule has 1 fully saturated rings. The van der Waals surface area contributed by atoms with Crippen LogP contribution in [0.15, 0.2) is 18.2 Å². The highest BCUT2D eigenvalue weighted by molar-refractivity contribution is 5.97. The van der Waals surface area contributed by atoms with Crippen LogP contribution >= 0.6 is 0 Å². The molecule has 1 amide bonds. The number of carbonyl (C=O) groups is 1. The number of rotatable bonds is 4. The van der Waals surface area contributed by atoms with Crippen LogP contribution < -0.4 is 10.6 Å². The maximum Gasteiger partial charge on any atom is 0.231 e. The van der Waals surface area contributed by atoms with Crippen LogP contribution in [0.25, 0.3) is 0 Å². The zero-order chi connectivity index (χ0) is 12.5. The normalized spacial score (nSPS) is 16.6. The van der Waals surface area contributed by atoms with E-state index in [9.17, 15) is 4.79 Å². The molecule has 0 spiro atoms. The molecular weight excluding hydrogens is 212 g/mol. The number of nitrogens with one attached hydrogen (secondary N) is 2. The van der Waals surface area contributed by atoms with Gasteiger partial charge in [0.05, 0.1) is 5.41 Å². The Balaban J connectivity index is 2.06. The second kappa shape index (κ2) is 4.49. The van der Waals surface area contributed by atoms with Crippen LogP contribution in [-0.2, 0) is 4.79 Å². The van der Waals surface area contributed by atoms with Crippen molar-refractivity contribution in [3.63, 3.8) is 0 Å². The van der Waals surface area contributed by atoms with Crippen LogP contribution in [-0.4, -0.2) is 19.5 Å². The molecule has 17 heavy (non-hydrogen) atoms. The Kier molecular flexibility index (Phi) is 3.20. The summed E-state index contributed by atoms with van der Waals surface area (Å²) in [6.45, 7) is 4.90. The zero-order valence-electron chi connectivity index (χ0n) is 10.8. The molecule has 92 valence electrons. The van der Waals surface area contributed by atoms with Gasteiger partial charge < -0.3 is 10.6 Å². The van der Waals surface area contributed by atoms with Crippen molar-refractivity contribution >= 4 is 11.6 Å². The molecule has 3 nitrogen and oxygen atoms in total. The number of benzene rings is 1. The van der Waals surface area contributed by atoms with Gasteiger partial charge in [0.15, 0.2) is 0 Å². The molecule has 0 unspecified atom stereocenters. The predicted octanol–water partition coefficient (Wildman–Crippen LogP) is 2.24. The van der Waals surface area contributed by atoms with Gasteiger partial charge in [-0.1, -0.05) is 6.07 Å². The van der Waals surface area contributed by atoms with Crippen molar-refractivity contribution in [2.75, 3.05) is 18.9 Å². The van der Waals surface area contributed by atoms with Crippen molar-refractivity contribution < 1.29 is 4.79 Å². The van der Waals surface area contributed by atoms with E-state index in [1.165, 1.54) is 11.1 Å². The lowest BCUT2D eigenvalue weighted by atomic mass is 10.1. The molecule has 1 aromatic carbocycles. The van der Waals surface area contributed by atoms with Crippen LogP contribution in [0.3, 0.4) is 0 Å². The van der Waals surface area contributed by atoms with E-state index < -0.39 is 0 Å². The fourth-order valence-corrected chi connectivity index (χ4v) is 2.06. The number of carbonyl (C=O) groups excluding carboxylic acids is 1. The summed E-state index contributed by atoms with van der Waals surface area (Å²) in [6.07, 6.45) is 1.98. The summed E-state index contributed by atoms with van der Waals surface area (Å²) < 4.78 is 0. The van der Waals surface area contributed by atoms with Crippen molar-refractivity contribution in [2.24, 2.45) is 5.41 Å². The summed E-state index contributed by atoms with van der Waals surface area (Å²) >= 11 is 0. The maximum atomic E-state index is 12.1. The van der Waals surface area contributed by atoms with Crippen LogP contribution in [0.2, 0.25) is 0 Å². The predicted molar refractivity (Wildman–Crippen MR) is 70.1 cm³/mol. The first-order valence-electron chi connectivity index (χ1n) is 6.11. The maximum absolute atomic E-state index is 12.1. The molecule has 2 N–H and O–H groups in total. The Morgan fingerprint density at radius 2 is 2.00 bits per heavy atom. The summed E-state index contributed by atoms with van der Waals surface area (Å²) in [4.78, 5) is 12.1. The molecular formula is C14H20N2O. The minimum absolute atomic E-state index is 0.148. The topological polar surface area (TPSA) is 41.1 Å². The summed E-state index contributed by atoms with van der Waals surface area (Å²) in [5.74, 6) is 0.148. The summed E-state index contributed by atoms with van der Waals surface area (Å²) in [7, 11) is 1.89. The first kappa shape index (κ1) is 12.1. The molecule has 2 rings (SSSR count). The van der Waals surface area contributed by atoms with Gasteiger partial charge in [0, 0.05) is 12.2 Å². The Labute approximate surface area is 103 Å². The van der Waals surface area contributed by atoms with E-state index in [0.29, 0.717) is 0 Å². The second-order valence-corrected chi connectivity index (χ2v) is 5.06. The van der Waals surface area contributed by atoms with Gasteiger partial charge in [-0.05, 0) is 57.0 Å². The van der Waals surface area contributed by atoms with Gasteiger partial charge in [-0.15, -0.1) is 0 Å². The molecule has 0 aliphatic heterocycles. The van der Waals surface area contributed by atoms with Crippen molar-refractivity contribution in [1.82, 2.24) is 5.32 Å². The molecule has 1 aliphatic carbocycles. The Morgan fingerprint density at radius 1 is 1.29 bits per heavy atom. The summed E-state index contributed by atoms with van der Waals surface area (Å²) in [6, 6.07) is 6.04. The average molecular weight is 232 g/mol. The van der Waals surface area contributed by atoms with Gasteiger partial charge >= 0.3 is 0 Å². The number of aryl methyl sites for hydroxylation is 2. The number of hydrogen-bond acceptors (Lipinski definition) is 2. The third-order valence-electron chi connectivity index (χ3n) is 3.62. The monoisotopic (exact) mass is 232 g/mol. The van der Waals surface area contributed by atoms with Crippen molar-refractivity contribution in [1.29, 1.82) is 0 Å². The zero-order valence-corrected chi connectivity index (χ0v) is 10.8. The molecule has 1 aliphatic rings. The van der Waals surface area contributed by atoms with Gasteiger partial charge in [-0.25, -0.2) is 0 Å². The molecule has 0 radical (unpaired) electrons. The van der Waals surface area contributed by atoms with E-state index in [4.69, 9.17) is 0 Å². The molecule has 0 atom stereocenters. The molecule has 0 heterocycles. The quantitative estimate of drug-likeness (QED) is 0.836. The summed E-state index contributed by atoms with van der Waals surface area (Å²) in [5, 5.41) is 6.12. The third kappa shape index (κ3) is 2.50. The fraction of sp³-hybridized carbons (Fsp3) is 0.500. The average Bonchev–Trinajstić information content (AvgIpc) is 3.05. The SMILES string of the molecule is CNCC1(C(=O)Nc2ccc(C)c(C)c2)CC1. The van der Waals surface area contributed by atoms with E-state index in [-0.39, 0.29) is 11.3 Å². The van der Waals surface area contributed by atoms with Gasteiger partial charge in [0.2, 0.25) is 5.91 Å². The van der Waals surface area contributed by atoms with Gasteiger partial charge in [0.25, 0.3) is 0 Å². The third-order valence-corrected chi connectivity index (χ3v) is 3.62.